The number of hydrogen-bond acceptors (Lipinski definition) is 9. The average molecular weight is 382 g/mol. The van der Waals surface area contributed by atoms with Crippen LogP contribution in [0.15, 0.2) is 0 Å². The number of rotatable bonds is 14. The van der Waals surface area contributed by atoms with Crippen LogP contribution in [0.5, 0.6) is 0 Å². The highest BCUT2D eigenvalue weighted by molar-refractivity contribution is 6.36. The van der Waals surface area contributed by atoms with E-state index in [1.54, 1.807) is 20.8 Å². The van der Waals surface area contributed by atoms with Crippen molar-refractivity contribution in [2.24, 2.45) is 5.41 Å². The summed E-state index contributed by atoms with van der Waals surface area (Å²) in [6, 6.07) is 0. The molecule has 148 valence electrons. The van der Waals surface area contributed by atoms with Crippen LogP contribution < -0.4 is 0 Å². The summed E-state index contributed by atoms with van der Waals surface area (Å²) in [5.41, 5.74) is -0.783. The summed E-state index contributed by atoms with van der Waals surface area (Å²) in [6.45, 7) is 6.79. The Morgan fingerprint density at radius 1 is 1.20 bits per heavy atom. The number of carbonyl (C=O) groups is 2. The molecule has 0 aromatic rings. The molecule has 0 fully saturated rings. The van der Waals surface area contributed by atoms with Crippen LogP contribution in [0.4, 0.5) is 0 Å². The van der Waals surface area contributed by atoms with Gasteiger partial charge in [0.1, 0.15) is 6.79 Å². The molecule has 0 bridgehead atoms. The van der Waals surface area contributed by atoms with Gasteiger partial charge in [-0.3, -0.25) is 9.59 Å². The first-order valence-corrected chi connectivity index (χ1v) is 9.48. The summed E-state index contributed by atoms with van der Waals surface area (Å²) >= 11 is 0. The summed E-state index contributed by atoms with van der Waals surface area (Å²) in [6.07, 6.45) is 1.04. The Morgan fingerprint density at radius 3 is 2.40 bits per heavy atom. The lowest BCUT2D eigenvalue weighted by Gasteiger charge is -2.24. The highest BCUT2D eigenvalue weighted by Crippen LogP contribution is 2.26. The van der Waals surface area contributed by atoms with Gasteiger partial charge in [0.2, 0.25) is 0 Å². The van der Waals surface area contributed by atoms with E-state index < -0.39 is 33.2 Å². The third-order valence-electron chi connectivity index (χ3n) is 3.14. The molecule has 2 unspecified atom stereocenters. The number of carbonyl (C=O) groups excluding carboxylic acids is 2. The van der Waals surface area contributed by atoms with Crippen LogP contribution in [-0.2, 0) is 42.1 Å². The second kappa shape index (κ2) is 13.3. The van der Waals surface area contributed by atoms with Gasteiger partial charge in [0, 0.05) is 21.1 Å². The highest BCUT2D eigenvalue weighted by Gasteiger charge is 2.31. The molecule has 0 aromatic heterocycles. The highest BCUT2D eigenvalue weighted by atomic mass is 28.3. The minimum Gasteiger partial charge on any atom is -0.393 e. The maximum Gasteiger partial charge on any atom is 0.517 e. The summed E-state index contributed by atoms with van der Waals surface area (Å²) < 4.78 is 30.8. The molecule has 0 saturated carbocycles. The first kappa shape index (κ1) is 24.1. The fourth-order valence-electron chi connectivity index (χ4n) is 1.78. The maximum absolute atomic E-state index is 11.9. The minimum absolute atomic E-state index is 0.0182. The Labute approximate surface area is 150 Å². The molecule has 0 saturated heterocycles. The van der Waals surface area contributed by atoms with Crippen LogP contribution >= 0.6 is 0 Å². The molecule has 25 heavy (non-hydrogen) atoms. The van der Waals surface area contributed by atoms with E-state index in [1.165, 1.54) is 21.1 Å². The fraction of sp³-hybridized carbons (Fsp3) is 0.867. The lowest BCUT2D eigenvalue weighted by atomic mass is 9.87. The van der Waals surface area contributed by atoms with Crippen molar-refractivity contribution in [2.45, 2.75) is 53.2 Å². The third-order valence-corrected chi connectivity index (χ3v) is 4.37. The van der Waals surface area contributed by atoms with Crippen LogP contribution in [0.25, 0.3) is 0 Å². The zero-order valence-corrected chi connectivity index (χ0v) is 17.0. The zero-order chi connectivity index (χ0) is 19.3. The molecular formula is C15H30O9Si. The Hall–Kier alpha value is -0.883. The molecule has 0 radical (unpaired) electrons. The van der Waals surface area contributed by atoms with Crippen molar-refractivity contribution in [1.82, 2.24) is 0 Å². The summed E-state index contributed by atoms with van der Waals surface area (Å²) in [4.78, 5) is 27.6. The van der Waals surface area contributed by atoms with E-state index in [0.29, 0.717) is 25.9 Å². The van der Waals surface area contributed by atoms with Gasteiger partial charge >= 0.3 is 21.5 Å². The van der Waals surface area contributed by atoms with E-state index in [4.69, 9.17) is 27.8 Å². The van der Waals surface area contributed by atoms with Gasteiger partial charge in [0.15, 0.2) is 6.29 Å². The number of esters is 2. The molecule has 9 nitrogen and oxygen atoms in total. The molecule has 10 heteroatoms. The first-order chi connectivity index (χ1) is 11.8. The Kier molecular flexibility index (Phi) is 12.9. The van der Waals surface area contributed by atoms with E-state index in [9.17, 15) is 9.59 Å². The topological polar surface area (TPSA) is 98.8 Å². The van der Waals surface area contributed by atoms with Crippen molar-refractivity contribution in [3.8, 4) is 0 Å². The quantitative estimate of drug-likeness (QED) is 0.111. The van der Waals surface area contributed by atoms with E-state index in [2.05, 4.69) is 4.74 Å². The van der Waals surface area contributed by atoms with Crippen molar-refractivity contribution in [3.05, 3.63) is 0 Å². The molecule has 0 N–H and O–H groups in total. The lowest BCUT2D eigenvalue weighted by molar-refractivity contribution is -0.252. The van der Waals surface area contributed by atoms with Crippen LogP contribution in [0.2, 0.25) is 0 Å². The molecular weight excluding hydrogens is 352 g/mol. The SMILES string of the molecule is CCOO[SiH](OCOC)OC(CCCC(C)(C)C(=O)OC(C)=O)OC. The van der Waals surface area contributed by atoms with Crippen molar-refractivity contribution in [3.63, 3.8) is 0 Å². The van der Waals surface area contributed by atoms with Gasteiger partial charge < -0.3 is 23.1 Å². The third kappa shape index (κ3) is 11.4. The molecule has 2 atom stereocenters. The Balaban J connectivity index is 4.41. The van der Waals surface area contributed by atoms with Crippen molar-refractivity contribution in [2.75, 3.05) is 27.6 Å². The maximum atomic E-state index is 11.9. The van der Waals surface area contributed by atoms with Crippen LogP contribution in [0, 0.1) is 5.41 Å². The fourth-order valence-corrected chi connectivity index (χ4v) is 2.95. The Bertz CT molecular complexity index is 381. The molecule has 0 spiro atoms. The largest absolute Gasteiger partial charge is 0.517 e. The smallest absolute Gasteiger partial charge is 0.393 e. The van der Waals surface area contributed by atoms with Crippen molar-refractivity contribution >= 4 is 21.5 Å². The lowest BCUT2D eigenvalue weighted by Crippen LogP contribution is -2.34. The van der Waals surface area contributed by atoms with Gasteiger partial charge in [-0.2, -0.15) is 0 Å². The standard InChI is InChI=1S/C15H30O9Si/c1-7-20-24-25(21-11-18-5)23-13(19-6)9-8-10-15(3,4)14(17)22-12(2)16/h13,25H,7-11H2,1-6H3. The minimum atomic E-state index is -2.58. The normalized spacial score (nSPS) is 14.2. The predicted molar refractivity (Wildman–Crippen MR) is 89.1 cm³/mol. The molecule has 0 aromatic carbocycles. The van der Waals surface area contributed by atoms with Crippen molar-refractivity contribution in [1.29, 1.82) is 0 Å². The van der Waals surface area contributed by atoms with Gasteiger partial charge in [-0.15, -0.1) is 0 Å². The number of ether oxygens (including phenoxy) is 3. The molecule has 0 rings (SSSR count). The second-order valence-electron chi connectivity index (χ2n) is 5.82. The Morgan fingerprint density at radius 2 is 1.88 bits per heavy atom. The van der Waals surface area contributed by atoms with Gasteiger partial charge in [-0.25, -0.2) is 9.46 Å². The van der Waals surface area contributed by atoms with Crippen LogP contribution in [-0.4, -0.2) is 55.4 Å². The first-order valence-electron chi connectivity index (χ1n) is 8.06. The van der Waals surface area contributed by atoms with Crippen LogP contribution in [0.3, 0.4) is 0 Å². The van der Waals surface area contributed by atoms with E-state index in [0.717, 1.165) is 0 Å². The van der Waals surface area contributed by atoms with E-state index in [1.807, 2.05) is 0 Å². The molecule has 0 aliphatic heterocycles. The zero-order valence-electron chi connectivity index (χ0n) is 15.9. The van der Waals surface area contributed by atoms with E-state index >= 15 is 0 Å². The summed E-state index contributed by atoms with van der Waals surface area (Å²) in [7, 11) is 0.413. The van der Waals surface area contributed by atoms with Gasteiger partial charge in [-0.1, -0.05) is 0 Å². The van der Waals surface area contributed by atoms with Crippen molar-refractivity contribution < 1.29 is 42.1 Å². The second-order valence-corrected chi connectivity index (χ2v) is 7.20. The number of methoxy groups -OCH3 is 2. The van der Waals surface area contributed by atoms with E-state index in [-0.39, 0.29) is 6.79 Å². The molecule has 0 aliphatic carbocycles. The molecule has 0 aliphatic rings. The monoisotopic (exact) mass is 382 g/mol. The number of hydrogen-bond donors (Lipinski definition) is 0. The average Bonchev–Trinajstić information content (AvgIpc) is 2.55. The predicted octanol–water partition coefficient (Wildman–Crippen LogP) is 1.57. The van der Waals surface area contributed by atoms with Gasteiger partial charge in [-0.05, 0) is 40.0 Å². The molecule has 0 amide bonds. The summed E-state index contributed by atoms with van der Waals surface area (Å²) in [5, 5.41) is 0. The van der Waals surface area contributed by atoms with Gasteiger partial charge in [0.25, 0.3) is 0 Å². The van der Waals surface area contributed by atoms with Gasteiger partial charge in [0.05, 0.1) is 12.0 Å². The van der Waals surface area contributed by atoms with Crippen LogP contribution in [0.1, 0.15) is 47.0 Å². The summed E-state index contributed by atoms with van der Waals surface area (Å²) in [5.74, 6) is -1.17. The molecule has 0 heterocycles.